The van der Waals surface area contributed by atoms with Gasteiger partial charge >= 0.3 is 0 Å². The maximum Gasteiger partial charge on any atom is 0.243 e. The summed E-state index contributed by atoms with van der Waals surface area (Å²) in [4.78, 5) is 13.4. The van der Waals surface area contributed by atoms with Crippen molar-refractivity contribution < 1.29 is 8.42 Å². The fourth-order valence-corrected chi connectivity index (χ4v) is 5.29. The Balaban J connectivity index is 1.45. The zero-order valence-electron chi connectivity index (χ0n) is 15.0. The van der Waals surface area contributed by atoms with Crippen LogP contribution in [0.4, 0.5) is 11.6 Å². The largest absolute Gasteiger partial charge is 0.356 e. The summed E-state index contributed by atoms with van der Waals surface area (Å²) in [6.07, 6.45) is 3.98. The molecule has 144 valence electrons. The van der Waals surface area contributed by atoms with Crippen LogP contribution in [0, 0.1) is 0 Å². The number of nitrogens with zero attached hydrogens (tertiary/aromatic N) is 5. The molecule has 1 aromatic carbocycles. The molecule has 0 atom stereocenters. The maximum absolute atomic E-state index is 12.8. The van der Waals surface area contributed by atoms with E-state index in [0.29, 0.717) is 31.2 Å². The molecule has 9 heteroatoms. The number of hydrogen-bond acceptors (Lipinski definition) is 6. The SMILES string of the molecule is O=S(=O)(c1cccc(Cl)c1)N1CCN(c2cc(N3CCCC3)ncn2)CC1. The van der Waals surface area contributed by atoms with E-state index in [0.717, 1.165) is 24.7 Å². The second-order valence-electron chi connectivity index (χ2n) is 6.78. The first kappa shape index (κ1) is 18.5. The van der Waals surface area contributed by atoms with E-state index in [4.69, 9.17) is 11.6 Å². The van der Waals surface area contributed by atoms with E-state index < -0.39 is 10.0 Å². The summed E-state index contributed by atoms with van der Waals surface area (Å²) in [6, 6.07) is 8.42. The molecule has 2 fully saturated rings. The summed E-state index contributed by atoms with van der Waals surface area (Å²) in [7, 11) is -3.53. The van der Waals surface area contributed by atoms with Crippen molar-refractivity contribution in [3.05, 3.63) is 41.7 Å². The molecule has 2 aliphatic heterocycles. The Morgan fingerprint density at radius 2 is 1.48 bits per heavy atom. The molecule has 1 aromatic heterocycles. The van der Waals surface area contributed by atoms with Crippen molar-refractivity contribution in [1.29, 1.82) is 0 Å². The molecule has 7 nitrogen and oxygen atoms in total. The van der Waals surface area contributed by atoms with E-state index >= 15 is 0 Å². The number of aromatic nitrogens is 2. The van der Waals surface area contributed by atoms with Crippen molar-refractivity contribution in [3.63, 3.8) is 0 Å². The summed E-state index contributed by atoms with van der Waals surface area (Å²) in [6.45, 7) is 4.08. The van der Waals surface area contributed by atoms with Gasteiger partial charge < -0.3 is 9.80 Å². The molecular weight excluding hydrogens is 386 g/mol. The number of hydrogen-bond donors (Lipinski definition) is 0. The third-order valence-corrected chi connectivity index (χ3v) is 7.19. The first-order chi connectivity index (χ1) is 13.0. The molecule has 4 rings (SSSR count). The topological polar surface area (TPSA) is 69.6 Å². The van der Waals surface area contributed by atoms with Gasteiger partial charge in [0, 0.05) is 50.4 Å². The van der Waals surface area contributed by atoms with Gasteiger partial charge in [-0.15, -0.1) is 0 Å². The van der Waals surface area contributed by atoms with Gasteiger partial charge in [0.15, 0.2) is 0 Å². The number of anilines is 2. The minimum absolute atomic E-state index is 0.238. The predicted molar refractivity (Wildman–Crippen MR) is 106 cm³/mol. The Kier molecular flexibility index (Phi) is 5.21. The lowest BCUT2D eigenvalue weighted by molar-refractivity contribution is 0.384. The average molecular weight is 408 g/mol. The quantitative estimate of drug-likeness (QED) is 0.774. The fraction of sp³-hybridized carbons (Fsp3) is 0.444. The molecule has 0 saturated carbocycles. The van der Waals surface area contributed by atoms with Crippen LogP contribution < -0.4 is 9.80 Å². The van der Waals surface area contributed by atoms with Crippen LogP contribution in [0.15, 0.2) is 41.6 Å². The van der Waals surface area contributed by atoms with E-state index in [2.05, 4.69) is 19.8 Å². The lowest BCUT2D eigenvalue weighted by Gasteiger charge is -2.34. The molecular formula is C18H22ClN5O2S. The van der Waals surface area contributed by atoms with Crippen LogP contribution in [0.5, 0.6) is 0 Å². The van der Waals surface area contributed by atoms with Crippen LogP contribution >= 0.6 is 11.6 Å². The van der Waals surface area contributed by atoms with Crippen molar-refractivity contribution >= 4 is 33.3 Å². The first-order valence-corrected chi connectivity index (χ1v) is 10.9. The molecule has 27 heavy (non-hydrogen) atoms. The minimum atomic E-state index is -3.53. The molecule has 0 unspecified atom stereocenters. The summed E-state index contributed by atoms with van der Waals surface area (Å²) >= 11 is 5.95. The number of piperazine rings is 1. The van der Waals surface area contributed by atoms with Crippen molar-refractivity contribution in [2.45, 2.75) is 17.7 Å². The van der Waals surface area contributed by atoms with E-state index in [1.54, 1.807) is 24.5 Å². The van der Waals surface area contributed by atoms with Crippen molar-refractivity contribution in [3.8, 4) is 0 Å². The number of benzene rings is 1. The normalized spacial score (nSPS) is 18.9. The zero-order chi connectivity index (χ0) is 18.9. The predicted octanol–water partition coefficient (Wildman–Crippen LogP) is 2.24. The van der Waals surface area contributed by atoms with Crippen LogP contribution in [0.3, 0.4) is 0 Å². The highest BCUT2D eigenvalue weighted by Crippen LogP contribution is 2.24. The lowest BCUT2D eigenvalue weighted by atomic mass is 10.3. The van der Waals surface area contributed by atoms with Gasteiger partial charge in [-0.25, -0.2) is 18.4 Å². The molecule has 2 aromatic rings. The van der Waals surface area contributed by atoms with Crippen LogP contribution in [0.1, 0.15) is 12.8 Å². The molecule has 2 aliphatic rings. The van der Waals surface area contributed by atoms with Gasteiger partial charge in [0.1, 0.15) is 18.0 Å². The zero-order valence-corrected chi connectivity index (χ0v) is 16.5. The van der Waals surface area contributed by atoms with Crippen molar-refractivity contribution in [2.75, 3.05) is 49.1 Å². The summed E-state index contributed by atoms with van der Waals surface area (Å²) in [5.74, 6) is 1.80. The summed E-state index contributed by atoms with van der Waals surface area (Å²) in [5.41, 5.74) is 0. The van der Waals surface area contributed by atoms with E-state index in [9.17, 15) is 8.42 Å². The van der Waals surface area contributed by atoms with Crippen LogP contribution in [-0.4, -0.2) is 62.0 Å². The second kappa shape index (κ2) is 7.61. The molecule has 0 spiro atoms. The van der Waals surface area contributed by atoms with E-state index in [1.165, 1.54) is 23.2 Å². The number of halogens is 1. The van der Waals surface area contributed by atoms with Crippen LogP contribution in [0.2, 0.25) is 5.02 Å². The summed E-state index contributed by atoms with van der Waals surface area (Å²) in [5, 5.41) is 0.421. The Morgan fingerprint density at radius 3 is 2.11 bits per heavy atom. The molecule has 2 saturated heterocycles. The standard InChI is InChI=1S/C18H22ClN5O2S/c19-15-4-3-5-16(12-15)27(25,26)24-10-8-23(9-11-24)18-13-17(20-14-21-18)22-6-1-2-7-22/h3-5,12-14H,1-2,6-11H2. The molecule has 0 aliphatic carbocycles. The van der Waals surface area contributed by atoms with Gasteiger partial charge in [0.05, 0.1) is 4.90 Å². The minimum Gasteiger partial charge on any atom is -0.356 e. The highest BCUT2D eigenvalue weighted by molar-refractivity contribution is 7.89. The summed E-state index contributed by atoms with van der Waals surface area (Å²) < 4.78 is 27.2. The molecule has 0 bridgehead atoms. The van der Waals surface area contributed by atoms with Gasteiger partial charge in [0.25, 0.3) is 0 Å². The highest BCUT2D eigenvalue weighted by Gasteiger charge is 2.29. The van der Waals surface area contributed by atoms with Gasteiger partial charge in [-0.2, -0.15) is 4.31 Å². The third kappa shape index (κ3) is 3.88. The Hall–Kier alpha value is -1.90. The van der Waals surface area contributed by atoms with Gasteiger partial charge in [0.2, 0.25) is 10.0 Å². The molecule has 3 heterocycles. The van der Waals surface area contributed by atoms with Crippen LogP contribution in [-0.2, 0) is 10.0 Å². The Morgan fingerprint density at radius 1 is 0.852 bits per heavy atom. The Labute approximate surface area is 164 Å². The third-order valence-electron chi connectivity index (χ3n) is 5.06. The lowest BCUT2D eigenvalue weighted by Crippen LogP contribution is -2.49. The molecule has 0 N–H and O–H groups in total. The van der Waals surface area contributed by atoms with Gasteiger partial charge in [-0.05, 0) is 31.0 Å². The first-order valence-electron chi connectivity index (χ1n) is 9.12. The van der Waals surface area contributed by atoms with Crippen molar-refractivity contribution in [1.82, 2.24) is 14.3 Å². The average Bonchev–Trinajstić information content (AvgIpc) is 3.23. The van der Waals surface area contributed by atoms with Crippen LogP contribution in [0.25, 0.3) is 0 Å². The van der Waals surface area contributed by atoms with Gasteiger partial charge in [-0.3, -0.25) is 0 Å². The highest BCUT2D eigenvalue weighted by atomic mass is 35.5. The monoisotopic (exact) mass is 407 g/mol. The molecule has 0 amide bonds. The maximum atomic E-state index is 12.8. The second-order valence-corrected chi connectivity index (χ2v) is 9.15. The van der Waals surface area contributed by atoms with E-state index in [-0.39, 0.29) is 4.90 Å². The van der Waals surface area contributed by atoms with Gasteiger partial charge in [-0.1, -0.05) is 17.7 Å². The smallest absolute Gasteiger partial charge is 0.243 e. The molecule has 0 radical (unpaired) electrons. The number of sulfonamides is 1. The van der Waals surface area contributed by atoms with Crippen molar-refractivity contribution in [2.24, 2.45) is 0 Å². The number of rotatable bonds is 4. The Bertz CT molecular complexity index is 909. The van der Waals surface area contributed by atoms with E-state index in [1.807, 2.05) is 6.07 Å². The fourth-order valence-electron chi connectivity index (χ4n) is 3.56.